The molecule has 19 heavy (non-hydrogen) atoms. The van der Waals surface area contributed by atoms with Gasteiger partial charge in [-0.2, -0.15) is 0 Å². The quantitative estimate of drug-likeness (QED) is 0.914. The molecule has 0 spiro atoms. The summed E-state index contributed by atoms with van der Waals surface area (Å²) in [5, 5.41) is 3.86. The fraction of sp³-hybridized carbons (Fsp3) is 0.500. The summed E-state index contributed by atoms with van der Waals surface area (Å²) in [6.45, 7) is 5.10. The molecule has 104 valence electrons. The van der Waals surface area contributed by atoms with Crippen molar-refractivity contribution in [3.8, 4) is 0 Å². The molecule has 0 aliphatic carbocycles. The maximum atomic E-state index is 12.4. The van der Waals surface area contributed by atoms with Gasteiger partial charge in [-0.15, -0.1) is 0 Å². The second kappa shape index (κ2) is 6.89. The zero-order valence-corrected chi connectivity index (χ0v) is 11.8. The van der Waals surface area contributed by atoms with Gasteiger partial charge in [0.2, 0.25) is 0 Å². The van der Waals surface area contributed by atoms with E-state index in [2.05, 4.69) is 5.32 Å². The summed E-state index contributed by atoms with van der Waals surface area (Å²) in [6, 6.07) is 7.60. The van der Waals surface area contributed by atoms with E-state index in [4.69, 9.17) is 16.3 Å². The highest BCUT2D eigenvalue weighted by Gasteiger charge is 2.26. The third-order valence-electron chi connectivity index (χ3n) is 3.22. The summed E-state index contributed by atoms with van der Waals surface area (Å²) in [4.78, 5) is 14.1. The summed E-state index contributed by atoms with van der Waals surface area (Å²) in [6.07, 6.45) is -0.379. The van der Waals surface area contributed by atoms with Crippen LogP contribution in [0.4, 0.5) is 0 Å². The van der Waals surface area contributed by atoms with Gasteiger partial charge in [0.15, 0.2) is 0 Å². The molecule has 4 nitrogen and oxygen atoms in total. The highest BCUT2D eigenvalue weighted by Crippen LogP contribution is 2.17. The first-order valence-corrected chi connectivity index (χ1v) is 6.94. The second-order valence-electron chi connectivity index (χ2n) is 4.51. The molecule has 1 aliphatic heterocycles. The maximum absolute atomic E-state index is 12.4. The van der Waals surface area contributed by atoms with E-state index in [-0.39, 0.29) is 12.0 Å². The molecule has 1 aromatic rings. The normalized spacial score (nSPS) is 19.2. The predicted molar refractivity (Wildman–Crippen MR) is 75.2 cm³/mol. The molecule has 1 N–H and O–H groups in total. The highest BCUT2D eigenvalue weighted by atomic mass is 35.5. The van der Waals surface area contributed by atoms with Crippen molar-refractivity contribution in [1.29, 1.82) is 0 Å². The second-order valence-corrected chi connectivity index (χ2v) is 4.91. The lowest BCUT2D eigenvalue weighted by Gasteiger charge is -2.29. The van der Waals surface area contributed by atoms with Crippen LogP contribution in [0, 0.1) is 0 Å². The number of rotatable bonds is 4. The van der Waals surface area contributed by atoms with Gasteiger partial charge in [-0.3, -0.25) is 4.79 Å². The third-order valence-corrected chi connectivity index (χ3v) is 3.58. The molecule has 1 aromatic carbocycles. The number of amides is 1. The van der Waals surface area contributed by atoms with E-state index in [1.807, 2.05) is 31.2 Å². The number of carbonyl (C=O) groups is 1. The first-order chi connectivity index (χ1) is 9.22. The van der Waals surface area contributed by atoms with Crippen molar-refractivity contribution < 1.29 is 9.53 Å². The predicted octanol–water partition coefficient (Wildman–Crippen LogP) is 1.68. The van der Waals surface area contributed by atoms with E-state index < -0.39 is 0 Å². The van der Waals surface area contributed by atoms with Gasteiger partial charge in [-0.25, -0.2) is 0 Å². The van der Waals surface area contributed by atoms with Crippen LogP contribution in [0.3, 0.4) is 0 Å². The van der Waals surface area contributed by atoms with Crippen molar-refractivity contribution in [3.05, 3.63) is 34.9 Å². The summed E-state index contributed by atoms with van der Waals surface area (Å²) in [5.41, 5.74) is 0.961. The molecule has 1 saturated heterocycles. The van der Waals surface area contributed by atoms with E-state index >= 15 is 0 Å². The van der Waals surface area contributed by atoms with Crippen LogP contribution in [0.25, 0.3) is 0 Å². The molecule has 1 heterocycles. The summed E-state index contributed by atoms with van der Waals surface area (Å²) < 4.78 is 5.50. The number of hydrogen-bond acceptors (Lipinski definition) is 3. The number of ether oxygens (including phenoxy) is 1. The van der Waals surface area contributed by atoms with Gasteiger partial charge >= 0.3 is 0 Å². The lowest BCUT2D eigenvalue weighted by Crippen LogP contribution is -2.49. The van der Waals surface area contributed by atoms with E-state index in [9.17, 15) is 4.79 Å². The Kier molecular flexibility index (Phi) is 5.19. The molecule has 2 rings (SSSR count). The number of carbonyl (C=O) groups excluding carboxylic acids is 1. The molecule has 0 aromatic heterocycles. The molecule has 1 atom stereocenters. The van der Waals surface area contributed by atoms with Crippen LogP contribution in [-0.2, 0) is 16.1 Å². The Hall–Kier alpha value is -1.10. The number of benzene rings is 1. The molecular weight excluding hydrogens is 264 g/mol. The lowest BCUT2D eigenvalue weighted by molar-refractivity contribution is -0.145. The largest absolute Gasteiger partial charge is 0.366 e. The molecular formula is C14H19ClN2O2. The topological polar surface area (TPSA) is 41.6 Å². The number of hydrogen-bond donors (Lipinski definition) is 1. The molecule has 1 amide bonds. The fourth-order valence-electron chi connectivity index (χ4n) is 2.11. The van der Waals surface area contributed by atoms with Gasteiger partial charge in [-0.1, -0.05) is 29.8 Å². The Labute approximate surface area is 118 Å². The van der Waals surface area contributed by atoms with Gasteiger partial charge in [0, 0.05) is 31.2 Å². The minimum atomic E-state index is -0.379. The first-order valence-electron chi connectivity index (χ1n) is 6.57. The Balaban J connectivity index is 2.03. The number of morpholine rings is 1. The van der Waals surface area contributed by atoms with E-state index in [0.717, 1.165) is 12.1 Å². The van der Waals surface area contributed by atoms with Crippen LogP contribution in [0.15, 0.2) is 24.3 Å². The zero-order valence-electron chi connectivity index (χ0n) is 11.1. The Bertz CT molecular complexity index is 433. The van der Waals surface area contributed by atoms with Crippen molar-refractivity contribution >= 4 is 17.5 Å². The fourth-order valence-corrected chi connectivity index (χ4v) is 2.30. The minimum absolute atomic E-state index is 0.0228. The molecule has 1 fully saturated rings. The van der Waals surface area contributed by atoms with Crippen molar-refractivity contribution in [2.45, 2.75) is 19.6 Å². The van der Waals surface area contributed by atoms with E-state index in [1.165, 1.54) is 0 Å². The number of nitrogens with one attached hydrogen (secondary N) is 1. The summed E-state index contributed by atoms with van der Waals surface area (Å²) in [7, 11) is 0. The van der Waals surface area contributed by atoms with Crippen LogP contribution in [0.1, 0.15) is 12.5 Å². The average molecular weight is 283 g/mol. The van der Waals surface area contributed by atoms with Crippen LogP contribution in [0.5, 0.6) is 0 Å². The summed E-state index contributed by atoms with van der Waals surface area (Å²) in [5.74, 6) is 0.0228. The number of halogens is 1. The van der Waals surface area contributed by atoms with Crippen LogP contribution in [0.2, 0.25) is 5.02 Å². The molecule has 1 aliphatic rings. The zero-order chi connectivity index (χ0) is 13.7. The minimum Gasteiger partial charge on any atom is -0.366 e. The molecule has 0 bridgehead atoms. The Morgan fingerprint density at radius 3 is 2.95 bits per heavy atom. The smallest absolute Gasteiger partial charge is 0.253 e. The standard InChI is InChI=1S/C14H19ClN2O2/c1-2-17(10-11-5-3-4-6-12(11)15)14(18)13-9-16-7-8-19-13/h3-6,13,16H,2,7-10H2,1H3/t13-/m0/s1. The van der Waals surface area contributed by atoms with Gasteiger partial charge in [-0.05, 0) is 18.6 Å². The number of nitrogens with zero attached hydrogens (tertiary/aromatic N) is 1. The Morgan fingerprint density at radius 2 is 2.32 bits per heavy atom. The number of likely N-dealkylation sites (N-methyl/N-ethyl adjacent to an activating group) is 1. The van der Waals surface area contributed by atoms with Crippen molar-refractivity contribution in [2.24, 2.45) is 0 Å². The molecule has 0 unspecified atom stereocenters. The first kappa shape index (κ1) is 14.3. The lowest BCUT2D eigenvalue weighted by atomic mass is 10.2. The summed E-state index contributed by atoms with van der Waals surface area (Å²) >= 11 is 6.13. The van der Waals surface area contributed by atoms with E-state index in [0.29, 0.717) is 31.3 Å². The van der Waals surface area contributed by atoms with Crippen LogP contribution >= 0.6 is 11.6 Å². The maximum Gasteiger partial charge on any atom is 0.253 e. The molecule has 0 radical (unpaired) electrons. The van der Waals surface area contributed by atoms with Gasteiger partial charge < -0.3 is 15.0 Å². The monoisotopic (exact) mass is 282 g/mol. The molecule has 0 saturated carbocycles. The van der Waals surface area contributed by atoms with Crippen LogP contribution in [-0.4, -0.2) is 43.2 Å². The van der Waals surface area contributed by atoms with E-state index in [1.54, 1.807) is 4.90 Å². The van der Waals surface area contributed by atoms with Crippen molar-refractivity contribution in [2.75, 3.05) is 26.2 Å². The van der Waals surface area contributed by atoms with Crippen molar-refractivity contribution in [3.63, 3.8) is 0 Å². The van der Waals surface area contributed by atoms with Gasteiger partial charge in [0.05, 0.1) is 6.61 Å². The Morgan fingerprint density at radius 1 is 1.53 bits per heavy atom. The van der Waals surface area contributed by atoms with Gasteiger partial charge in [0.1, 0.15) is 6.10 Å². The van der Waals surface area contributed by atoms with Crippen LogP contribution < -0.4 is 5.32 Å². The van der Waals surface area contributed by atoms with Gasteiger partial charge in [0.25, 0.3) is 5.91 Å². The van der Waals surface area contributed by atoms with Crippen molar-refractivity contribution in [1.82, 2.24) is 10.2 Å². The molecule has 5 heteroatoms. The SMILES string of the molecule is CCN(Cc1ccccc1Cl)C(=O)[C@@H]1CNCCO1. The average Bonchev–Trinajstić information content (AvgIpc) is 2.47. The third kappa shape index (κ3) is 3.69. The highest BCUT2D eigenvalue weighted by molar-refractivity contribution is 6.31.